The second-order valence-electron chi connectivity index (χ2n) is 1.28. The molecule has 0 spiro atoms. The quantitative estimate of drug-likeness (QED) is 0.307. The maximum Gasteiger partial charge on any atom is 0.204 e. The van der Waals surface area contributed by atoms with Gasteiger partial charge in [-0.1, -0.05) is 0 Å². The van der Waals surface area contributed by atoms with Crippen molar-refractivity contribution in [3.05, 3.63) is 0 Å². The highest BCUT2D eigenvalue weighted by Gasteiger charge is 1.88. The molecule has 0 bridgehead atoms. The van der Waals surface area contributed by atoms with Crippen LogP contribution in [0.25, 0.3) is 0 Å². The maximum atomic E-state index is 4.98. The van der Waals surface area contributed by atoms with Crippen molar-refractivity contribution in [1.82, 2.24) is 0 Å². The summed E-state index contributed by atoms with van der Waals surface area (Å²) in [6, 6.07) is 0. The highest BCUT2D eigenvalue weighted by atomic mass is 32.1. The zero-order valence-corrected chi connectivity index (χ0v) is 7.62. The van der Waals surface area contributed by atoms with Crippen molar-refractivity contribution >= 4 is 27.8 Å². The molecule has 1 nitrogen and oxygen atoms in total. The smallest absolute Gasteiger partial charge is 0.204 e. The van der Waals surface area contributed by atoms with Gasteiger partial charge in [-0.05, 0) is 12.2 Å². The first-order valence-corrected chi connectivity index (χ1v) is 3.54. The topological polar surface area (TPSA) is 9.23 Å². The zero-order valence-electron chi connectivity index (χ0n) is 4.81. The lowest BCUT2D eigenvalue weighted by Crippen LogP contribution is -1.96. The van der Waals surface area contributed by atoms with Gasteiger partial charge in [0, 0.05) is 12.8 Å². The normalized spacial score (nSPS) is 7.88. The van der Waals surface area contributed by atoms with E-state index in [9.17, 15) is 0 Å². The molecule has 44 valence electrons. The Morgan fingerprint density at radius 3 is 2.88 bits per heavy atom. The predicted octanol–water partition coefficient (Wildman–Crippen LogP) is 0.0242. The van der Waals surface area contributed by atoms with Crippen LogP contribution < -0.4 is 0 Å². The lowest BCUT2D eigenvalue weighted by molar-refractivity contribution is 0.608. The van der Waals surface area contributed by atoms with Crippen LogP contribution in [-0.2, 0) is 4.43 Å². The Kier molecular flexibility index (Phi) is 4.62. The highest BCUT2D eigenvalue weighted by Crippen LogP contribution is 1.90. The Labute approximate surface area is 58.0 Å². The van der Waals surface area contributed by atoms with Gasteiger partial charge in [-0.2, -0.15) is 0 Å². The molecular weight excluding hydrogens is 136 g/mol. The molecule has 0 aliphatic carbocycles. The fourth-order valence-electron chi connectivity index (χ4n) is 0.276. The molecule has 0 saturated heterocycles. The van der Waals surface area contributed by atoms with Crippen molar-refractivity contribution in [3.8, 4) is 12.3 Å². The summed E-state index contributed by atoms with van der Waals surface area (Å²) in [6.45, 7) is 0. The summed E-state index contributed by atoms with van der Waals surface area (Å²) in [7, 11) is 0.680. The summed E-state index contributed by atoms with van der Waals surface area (Å²) in [5, 5.41) is 0.648. The number of hydrogen-bond donors (Lipinski definition) is 0. The van der Waals surface area contributed by atoms with E-state index in [4.69, 9.17) is 23.1 Å². The van der Waals surface area contributed by atoms with Gasteiger partial charge in [0.05, 0.1) is 0 Å². The van der Waals surface area contributed by atoms with Gasteiger partial charge in [-0.25, -0.2) is 0 Å². The van der Waals surface area contributed by atoms with Crippen molar-refractivity contribution in [2.75, 3.05) is 0 Å². The molecule has 0 aromatic carbocycles. The third-order valence-electron chi connectivity index (χ3n) is 0.701. The minimum Gasteiger partial charge on any atom is -0.549 e. The van der Waals surface area contributed by atoms with Gasteiger partial charge in [0.25, 0.3) is 0 Å². The lowest BCUT2D eigenvalue weighted by atomic mass is 10.3. The van der Waals surface area contributed by atoms with Crippen LogP contribution in [0.1, 0.15) is 12.8 Å². The van der Waals surface area contributed by atoms with Gasteiger partial charge < -0.3 is 4.43 Å². The summed E-state index contributed by atoms with van der Waals surface area (Å²) in [5.74, 6) is 2.48. The molecule has 0 aromatic heterocycles. The van der Waals surface area contributed by atoms with Crippen molar-refractivity contribution in [3.63, 3.8) is 0 Å². The van der Waals surface area contributed by atoms with Crippen LogP contribution in [0.3, 0.4) is 0 Å². The summed E-state index contributed by atoms with van der Waals surface area (Å²) in [5.41, 5.74) is 0. The molecule has 0 aliphatic heterocycles. The standard InChI is InChI=1S/C5H8OSSi/c1-2-3-4-5(7)6-8/h1H,3-4H2,8H3. The lowest BCUT2D eigenvalue weighted by Gasteiger charge is -1.96. The number of rotatable bonds is 2. The Bertz CT molecular complexity index is 116. The molecule has 3 heteroatoms. The molecule has 0 radical (unpaired) electrons. The monoisotopic (exact) mass is 144 g/mol. The van der Waals surface area contributed by atoms with Crippen molar-refractivity contribution in [2.45, 2.75) is 12.8 Å². The third-order valence-corrected chi connectivity index (χ3v) is 1.86. The van der Waals surface area contributed by atoms with Gasteiger partial charge >= 0.3 is 0 Å². The summed E-state index contributed by atoms with van der Waals surface area (Å²) in [6.07, 6.45) is 6.40. The molecule has 0 amide bonds. The van der Waals surface area contributed by atoms with E-state index in [0.29, 0.717) is 22.0 Å². The van der Waals surface area contributed by atoms with E-state index in [-0.39, 0.29) is 0 Å². The predicted molar refractivity (Wildman–Crippen MR) is 41.7 cm³/mol. The number of hydrogen-bond acceptors (Lipinski definition) is 2. The van der Waals surface area contributed by atoms with E-state index in [1.807, 2.05) is 0 Å². The molecule has 0 atom stereocenters. The van der Waals surface area contributed by atoms with Crippen molar-refractivity contribution in [1.29, 1.82) is 0 Å². The fraction of sp³-hybridized carbons (Fsp3) is 0.400. The summed E-state index contributed by atoms with van der Waals surface area (Å²) >= 11 is 4.74. The second-order valence-corrected chi connectivity index (χ2v) is 2.14. The molecule has 0 aromatic rings. The Balaban J connectivity index is 3.15. The van der Waals surface area contributed by atoms with E-state index < -0.39 is 0 Å². The van der Waals surface area contributed by atoms with Gasteiger partial charge in [0.1, 0.15) is 5.05 Å². The number of terminal acetylenes is 1. The molecule has 0 heterocycles. The minimum atomic E-state index is 0.648. The summed E-state index contributed by atoms with van der Waals surface area (Å²) < 4.78 is 4.83. The largest absolute Gasteiger partial charge is 0.549 e. The molecule has 8 heavy (non-hydrogen) atoms. The van der Waals surface area contributed by atoms with Gasteiger partial charge in [0.2, 0.25) is 10.5 Å². The van der Waals surface area contributed by atoms with Crippen LogP contribution in [-0.4, -0.2) is 15.5 Å². The average molecular weight is 144 g/mol. The third kappa shape index (κ3) is 3.84. The molecule has 0 fully saturated rings. The van der Waals surface area contributed by atoms with Crippen LogP contribution >= 0.6 is 12.2 Å². The SMILES string of the molecule is C#CCCC(=S)O[SiH3]. The van der Waals surface area contributed by atoms with Crippen LogP contribution in [0.5, 0.6) is 0 Å². The molecule has 0 aliphatic rings. The highest BCUT2D eigenvalue weighted by molar-refractivity contribution is 7.80. The van der Waals surface area contributed by atoms with Gasteiger partial charge in [0.15, 0.2) is 0 Å². The van der Waals surface area contributed by atoms with Crippen LogP contribution in [0.4, 0.5) is 0 Å². The molecule has 0 saturated carbocycles. The zero-order chi connectivity index (χ0) is 6.41. The minimum absolute atomic E-state index is 0.648. The van der Waals surface area contributed by atoms with Crippen LogP contribution in [0, 0.1) is 12.3 Å². The summed E-state index contributed by atoms with van der Waals surface area (Å²) in [4.78, 5) is 0. The van der Waals surface area contributed by atoms with E-state index in [0.717, 1.165) is 6.42 Å². The van der Waals surface area contributed by atoms with Crippen LogP contribution in [0.15, 0.2) is 0 Å². The first kappa shape index (κ1) is 7.67. The van der Waals surface area contributed by atoms with Gasteiger partial charge in [-0.15, -0.1) is 12.3 Å². The van der Waals surface area contributed by atoms with E-state index in [2.05, 4.69) is 5.92 Å². The molecule has 0 unspecified atom stereocenters. The molecular formula is C5H8OSSi. The van der Waals surface area contributed by atoms with E-state index in [1.165, 1.54) is 0 Å². The molecule has 0 N–H and O–H groups in total. The Morgan fingerprint density at radius 2 is 2.50 bits per heavy atom. The van der Waals surface area contributed by atoms with E-state index in [1.54, 1.807) is 0 Å². The second kappa shape index (κ2) is 4.82. The van der Waals surface area contributed by atoms with Crippen molar-refractivity contribution in [2.24, 2.45) is 0 Å². The maximum absolute atomic E-state index is 4.98. The van der Waals surface area contributed by atoms with E-state index >= 15 is 0 Å². The fourth-order valence-corrected chi connectivity index (χ4v) is 0.582. The average Bonchev–Trinajstić information content (AvgIpc) is 1.83. The van der Waals surface area contributed by atoms with Crippen molar-refractivity contribution < 1.29 is 4.43 Å². The number of thiocarbonyl (C=S) groups is 1. The first-order valence-electron chi connectivity index (χ1n) is 2.31. The van der Waals surface area contributed by atoms with Gasteiger partial charge in [-0.3, -0.25) is 0 Å². The molecule has 0 rings (SSSR count). The van der Waals surface area contributed by atoms with Crippen LogP contribution in [0.2, 0.25) is 0 Å². The Morgan fingerprint density at radius 1 is 1.88 bits per heavy atom. The Hall–Kier alpha value is -0.333. The first-order chi connectivity index (χ1) is 3.81.